The highest BCUT2D eigenvalue weighted by molar-refractivity contribution is 5.95. The van der Waals surface area contributed by atoms with Gasteiger partial charge >= 0.3 is 5.96 Å². The molecule has 0 unspecified atom stereocenters. The van der Waals surface area contributed by atoms with Gasteiger partial charge in [0.15, 0.2) is 0 Å². The number of unbranched alkanes of at least 4 members (excludes halogenated alkanes) is 4. The zero-order valence-corrected chi connectivity index (χ0v) is 20.9. The first-order valence-electron chi connectivity index (χ1n) is 11.2. The maximum atomic E-state index is 5.20. The van der Waals surface area contributed by atoms with Crippen LogP contribution in [-0.2, 0) is 0 Å². The monoisotopic (exact) mass is 417 g/mol. The highest BCUT2D eigenvalue weighted by atomic mass is 35.5. The molecule has 5 nitrogen and oxygen atoms in total. The van der Waals surface area contributed by atoms with Crippen molar-refractivity contribution in [2.24, 2.45) is 9.98 Å². The zero-order valence-electron chi connectivity index (χ0n) is 20.1. The Labute approximate surface area is 182 Å². The second-order valence-corrected chi connectivity index (χ2v) is 7.89. The number of quaternary nitrogens is 1. The van der Waals surface area contributed by atoms with E-state index in [1.54, 1.807) is 0 Å². The van der Waals surface area contributed by atoms with E-state index in [-0.39, 0.29) is 12.4 Å². The molecule has 0 heterocycles. The number of aliphatic imine (C=N–C) groups is 2. The summed E-state index contributed by atoms with van der Waals surface area (Å²) in [6.45, 7) is 13.6. The number of hydrogen-bond donors (Lipinski definition) is 0. The van der Waals surface area contributed by atoms with Gasteiger partial charge in [-0.15, -0.1) is 0 Å². The summed E-state index contributed by atoms with van der Waals surface area (Å²) in [5.74, 6) is 2.20. The minimum Gasteiger partial charge on any atom is -1.00 e. The lowest BCUT2D eigenvalue weighted by molar-refractivity contribution is -0.847. The summed E-state index contributed by atoms with van der Waals surface area (Å²) in [7, 11) is 8.18. The van der Waals surface area contributed by atoms with Crippen LogP contribution in [0, 0.1) is 0 Å². The molecule has 0 saturated heterocycles. The van der Waals surface area contributed by atoms with Gasteiger partial charge in [0.25, 0.3) is 0 Å². The van der Waals surface area contributed by atoms with Gasteiger partial charge in [0, 0.05) is 34.7 Å². The number of halogens is 1. The van der Waals surface area contributed by atoms with Gasteiger partial charge in [-0.05, 0) is 25.7 Å². The molecule has 0 aliphatic rings. The molecule has 0 aromatic carbocycles. The van der Waals surface area contributed by atoms with Crippen LogP contribution >= 0.6 is 0 Å². The summed E-state index contributed by atoms with van der Waals surface area (Å²) < 4.78 is 1.00. The Bertz CT molecular complexity index is 413. The second kappa shape index (κ2) is 17.1. The molecule has 0 bridgehead atoms. The Balaban J connectivity index is 0. The highest BCUT2D eigenvalue weighted by Gasteiger charge is 2.37. The number of guanidine groups is 2. The van der Waals surface area contributed by atoms with Gasteiger partial charge in [-0.25, -0.2) is 4.99 Å². The lowest BCUT2D eigenvalue weighted by Gasteiger charge is -2.42. The van der Waals surface area contributed by atoms with E-state index in [2.05, 4.69) is 63.6 Å². The molecule has 0 spiro atoms. The van der Waals surface area contributed by atoms with Crippen molar-refractivity contribution in [2.75, 3.05) is 54.4 Å². The van der Waals surface area contributed by atoms with Crippen LogP contribution in [0.5, 0.6) is 0 Å². The minimum absolute atomic E-state index is 0. The van der Waals surface area contributed by atoms with E-state index in [0.29, 0.717) is 0 Å². The Morgan fingerprint density at radius 3 is 1.50 bits per heavy atom. The Morgan fingerprint density at radius 1 is 0.750 bits per heavy atom. The fraction of sp³-hybridized carbons (Fsp3) is 0.909. The quantitative estimate of drug-likeness (QED) is 0.210. The van der Waals surface area contributed by atoms with E-state index in [4.69, 9.17) is 4.99 Å². The molecule has 6 heteroatoms. The van der Waals surface area contributed by atoms with Crippen LogP contribution in [0.4, 0.5) is 0 Å². The molecule has 0 aliphatic carbocycles. The van der Waals surface area contributed by atoms with E-state index < -0.39 is 0 Å². The van der Waals surface area contributed by atoms with Gasteiger partial charge in [0.05, 0.1) is 19.6 Å². The van der Waals surface area contributed by atoms with Crippen LogP contribution in [0.15, 0.2) is 9.98 Å². The van der Waals surface area contributed by atoms with Crippen molar-refractivity contribution < 1.29 is 16.9 Å². The van der Waals surface area contributed by atoms with Crippen molar-refractivity contribution in [3.05, 3.63) is 0 Å². The smallest absolute Gasteiger partial charge is 0.306 e. The van der Waals surface area contributed by atoms with Gasteiger partial charge < -0.3 is 17.3 Å². The van der Waals surface area contributed by atoms with Gasteiger partial charge in [0.2, 0.25) is 5.96 Å². The number of hydrogen-bond acceptors (Lipinski definition) is 2. The molecule has 0 aromatic rings. The van der Waals surface area contributed by atoms with E-state index in [1.807, 2.05) is 7.05 Å². The molecule has 0 fully saturated rings. The van der Waals surface area contributed by atoms with Gasteiger partial charge in [-0.3, -0.25) is 14.4 Å². The van der Waals surface area contributed by atoms with Gasteiger partial charge in [0.1, 0.15) is 0 Å². The van der Waals surface area contributed by atoms with Crippen LogP contribution in [0.2, 0.25) is 0 Å². The average molecular weight is 418 g/mol. The maximum Gasteiger partial charge on any atom is 0.306 e. The molecule has 0 atom stereocenters. The molecule has 0 rings (SSSR count). The van der Waals surface area contributed by atoms with Crippen molar-refractivity contribution in [2.45, 2.75) is 79.1 Å². The minimum atomic E-state index is 0. The molecule has 0 aliphatic heterocycles. The molecule has 0 N–H and O–H groups in total. The van der Waals surface area contributed by atoms with Crippen molar-refractivity contribution in [1.82, 2.24) is 9.80 Å². The molecule has 0 radical (unpaired) electrons. The SMILES string of the molecule is CCCC/N=C(\N(C)/C(=N/C)N(C)C)[N+](CCCC)(CCCC)CCCC.[Cl-]. The average Bonchev–Trinajstić information content (AvgIpc) is 2.65. The lowest BCUT2D eigenvalue weighted by Crippen LogP contribution is -3.00. The fourth-order valence-electron chi connectivity index (χ4n) is 3.67. The topological polar surface area (TPSA) is 31.2 Å². The molecule has 168 valence electrons. The predicted octanol–water partition coefficient (Wildman–Crippen LogP) is 1.84. The second-order valence-electron chi connectivity index (χ2n) is 7.89. The normalized spacial score (nSPS) is 12.7. The van der Waals surface area contributed by atoms with Crippen molar-refractivity contribution in [1.29, 1.82) is 0 Å². The van der Waals surface area contributed by atoms with Crippen LogP contribution < -0.4 is 12.4 Å². The zero-order chi connectivity index (χ0) is 20.7. The van der Waals surface area contributed by atoms with E-state index in [1.165, 1.54) is 70.5 Å². The highest BCUT2D eigenvalue weighted by Crippen LogP contribution is 2.19. The standard InChI is InChI=1S/C22H48N5.ClH/c1-9-13-17-24-22(26(8)21(23-5)25(6)7)27(18-14-10-2,19-15-11-3)20-16-12-4;/h9-20H2,1-8H3;1H/q+1;/p-1/b23-21+,24-22+;. The summed E-state index contributed by atoms with van der Waals surface area (Å²) in [4.78, 5) is 14.1. The number of nitrogens with zero attached hydrogens (tertiary/aromatic N) is 5. The van der Waals surface area contributed by atoms with E-state index in [9.17, 15) is 0 Å². The van der Waals surface area contributed by atoms with Crippen molar-refractivity contribution in [3.63, 3.8) is 0 Å². The predicted molar refractivity (Wildman–Crippen MR) is 122 cm³/mol. The summed E-state index contributed by atoms with van der Waals surface area (Å²) in [5.41, 5.74) is 0. The fourth-order valence-corrected chi connectivity index (χ4v) is 3.67. The van der Waals surface area contributed by atoms with Gasteiger partial charge in [-0.1, -0.05) is 53.4 Å². The van der Waals surface area contributed by atoms with Crippen molar-refractivity contribution >= 4 is 11.9 Å². The molecular formula is C22H48ClN5. The van der Waals surface area contributed by atoms with Crippen LogP contribution in [0.25, 0.3) is 0 Å². The van der Waals surface area contributed by atoms with Crippen LogP contribution in [0.3, 0.4) is 0 Å². The third-order valence-electron chi connectivity index (χ3n) is 5.21. The number of rotatable bonds is 12. The first-order valence-corrected chi connectivity index (χ1v) is 11.2. The Morgan fingerprint density at radius 2 is 1.18 bits per heavy atom. The maximum absolute atomic E-state index is 5.20. The lowest BCUT2D eigenvalue weighted by atomic mass is 10.1. The molecule has 28 heavy (non-hydrogen) atoms. The first kappa shape index (κ1) is 29.4. The largest absolute Gasteiger partial charge is 1.00 e. The first-order chi connectivity index (χ1) is 12.9. The Hall–Kier alpha value is -0.810. The summed E-state index contributed by atoms with van der Waals surface area (Å²) in [6.07, 6.45) is 9.75. The van der Waals surface area contributed by atoms with Gasteiger partial charge in [-0.2, -0.15) is 0 Å². The summed E-state index contributed by atoms with van der Waals surface area (Å²) >= 11 is 0. The van der Waals surface area contributed by atoms with Crippen LogP contribution in [0.1, 0.15) is 79.1 Å². The van der Waals surface area contributed by atoms with E-state index >= 15 is 0 Å². The molecule has 0 saturated carbocycles. The third kappa shape index (κ3) is 9.60. The third-order valence-corrected chi connectivity index (χ3v) is 5.21. The summed E-state index contributed by atoms with van der Waals surface area (Å²) in [5, 5.41) is 0. The molecule has 0 amide bonds. The van der Waals surface area contributed by atoms with Crippen LogP contribution in [-0.4, -0.2) is 80.6 Å². The summed E-state index contributed by atoms with van der Waals surface area (Å²) in [6, 6.07) is 0. The molecule has 0 aromatic heterocycles. The Kier molecular flexibility index (Phi) is 17.9. The molecular weight excluding hydrogens is 370 g/mol. The van der Waals surface area contributed by atoms with E-state index in [0.717, 1.165) is 23.4 Å². The van der Waals surface area contributed by atoms with Crippen molar-refractivity contribution in [3.8, 4) is 0 Å².